The molecule has 0 radical (unpaired) electrons. The van der Waals surface area contributed by atoms with Crippen LogP contribution in [-0.4, -0.2) is 88.8 Å². The maximum absolute atomic E-state index is 14.5. The standard InChI is InChI=1S/C37H30F12O6.C2H4O/c1-51-27-10-2-22(3-11-27)32(34(38,39)40,35(41,42)43)23-4-12-28(13-5-23)52-18-26(50)19-53-29-14-6-24(7-15-29)33(36(44,45)46,37(47,48)49)25-8-16-30(17-9-25)54-20-31-21-55-31;1-2-3-1/h2-17,26,31,50H,18-21H2,1H3;1-2H2. The Morgan fingerprint density at radius 2 is 0.793 bits per heavy atom. The number of hydrogen-bond acceptors (Lipinski definition) is 7. The van der Waals surface area contributed by atoms with Gasteiger partial charge in [0, 0.05) is 0 Å². The summed E-state index contributed by atoms with van der Waals surface area (Å²) in [6, 6.07) is 12.1. The molecule has 19 heteroatoms. The minimum Gasteiger partial charge on any atom is -0.497 e. The van der Waals surface area contributed by atoms with Crippen molar-refractivity contribution in [2.45, 2.75) is 47.7 Å². The van der Waals surface area contributed by atoms with Crippen LogP contribution >= 0.6 is 0 Å². The average Bonchev–Trinajstić information content (AvgIpc) is 4.07. The highest BCUT2D eigenvalue weighted by Crippen LogP contribution is 2.58. The molecule has 2 aliphatic rings. The van der Waals surface area contributed by atoms with Gasteiger partial charge in [-0.05, 0) is 70.8 Å². The fourth-order valence-corrected chi connectivity index (χ4v) is 5.99. The smallest absolute Gasteiger partial charge is 0.411 e. The van der Waals surface area contributed by atoms with Crippen LogP contribution in [-0.2, 0) is 20.3 Å². The van der Waals surface area contributed by atoms with Crippen LogP contribution in [0.1, 0.15) is 22.3 Å². The number of epoxide rings is 2. The van der Waals surface area contributed by atoms with Crippen LogP contribution in [0.5, 0.6) is 23.0 Å². The van der Waals surface area contributed by atoms with Crippen LogP contribution in [0.25, 0.3) is 0 Å². The fraction of sp³-hybridized carbons (Fsp3) is 0.385. The van der Waals surface area contributed by atoms with Crippen molar-refractivity contribution in [1.82, 2.24) is 0 Å². The van der Waals surface area contributed by atoms with Gasteiger partial charge in [0.15, 0.2) is 0 Å². The topological polar surface area (TPSA) is 82.2 Å². The van der Waals surface area contributed by atoms with Crippen LogP contribution in [0.3, 0.4) is 0 Å². The van der Waals surface area contributed by atoms with Crippen molar-refractivity contribution in [3.63, 3.8) is 0 Å². The number of halogens is 12. The van der Waals surface area contributed by atoms with Gasteiger partial charge in [-0.15, -0.1) is 0 Å². The summed E-state index contributed by atoms with van der Waals surface area (Å²) >= 11 is 0. The monoisotopic (exact) mass is 842 g/mol. The molecule has 4 aromatic rings. The normalized spacial score (nSPS) is 16.4. The van der Waals surface area contributed by atoms with Gasteiger partial charge in [0.2, 0.25) is 10.8 Å². The van der Waals surface area contributed by atoms with Gasteiger partial charge in [-0.1, -0.05) is 48.5 Å². The van der Waals surface area contributed by atoms with Gasteiger partial charge in [0.05, 0.1) is 26.9 Å². The van der Waals surface area contributed by atoms with Crippen molar-refractivity contribution < 1.29 is 86.2 Å². The molecular formula is C39H34F12O7. The number of aliphatic hydroxyl groups is 1. The third-order valence-corrected chi connectivity index (χ3v) is 9.01. The van der Waals surface area contributed by atoms with E-state index in [1.54, 1.807) is 0 Å². The van der Waals surface area contributed by atoms with Gasteiger partial charge in [-0.2, -0.15) is 52.7 Å². The van der Waals surface area contributed by atoms with Crippen molar-refractivity contribution in [2.24, 2.45) is 0 Å². The minimum absolute atomic E-state index is 0.0267. The van der Waals surface area contributed by atoms with E-state index in [1.165, 1.54) is 7.11 Å². The molecule has 0 aliphatic carbocycles. The summed E-state index contributed by atoms with van der Waals surface area (Å²) in [4.78, 5) is 0. The Morgan fingerprint density at radius 3 is 1.03 bits per heavy atom. The first kappa shape index (κ1) is 44.2. The van der Waals surface area contributed by atoms with Crippen molar-refractivity contribution in [2.75, 3.05) is 46.8 Å². The lowest BCUT2D eigenvalue weighted by Crippen LogP contribution is -2.54. The zero-order chi connectivity index (χ0) is 42.6. The molecule has 2 atom stereocenters. The van der Waals surface area contributed by atoms with Crippen molar-refractivity contribution in [3.05, 3.63) is 119 Å². The molecule has 2 aliphatic heterocycles. The molecular weight excluding hydrogens is 808 g/mol. The van der Waals surface area contributed by atoms with E-state index in [0.29, 0.717) is 55.1 Å². The Bertz CT molecular complexity index is 1870. The maximum Gasteiger partial charge on any atom is 0.411 e. The van der Waals surface area contributed by atoms with Gasteiger partial charge in [0.25, 0.3) is 0 Å². The van der Waals surface area contributed by atoms with Crippen molar-refractivity contribution in [1.29, 1.82) is 0 Å². The van der Waals surface area contributed by atoms with Crippen molar-refractivity contribution >= 4 is 0 Å². The van der Waals surface area contributed by atoms with Gasteiger partial charge < -0.3 is 33.5 Å². The number of methoxy groups -OCH3 is 1. The molecule has 1 N–H and O–H groups in total. The lowest BCUT2D eigenvalue weighted by Gasteiger charge is -2.38. The Kier molecular flexibility index (Phi) is 13.1. The fourth-order valence-electron chi connectivity index (χ4n) is 5.99. The summed E-state index contributed by atoms with van der Waals surface area (Å²) in [5.74, 6) is -0.424. The van der Waals surface area contributed by atoms with E-state index < -0.39 is 77.1 Å². The molecule has 0 amide bonds. The highest BCUT2D eigenvalue weighted by Gasteiger charge is 2.73. The molecule has 0 bridgehead atoms. The van der Waals surface area contributed by atoms with Crippen molar-refractivity contribution in [3.8, 4) is 23.0 Å². The van der Waals surface area contributed by atoms with E-state index in [0.717, 1.165) is 61.7 Å². The first-order valence-corrected chi connectivity index (χ1v) is 17.1. The summed E-state index contributed by atoms with van der Waals surface area (Å²) in [6.45, 7) is 1.24. The molecule has 316 valence electrons. The van der Waals surface area contributed by atoms with E-state index in [4.69, 9.17) is 23.7 Å². The Labute approximate surface area is 323 Å². The highest BCUT2D eigenvalue weighted by atomic mass is 19.4. The number of aliphatic hydroxyl groups excluding tert-OH is 1. The number of rotatable bonds is 14. The van der Waals surface area contributed by atoms with E-state index >= 15 is 0 Å². The maximum atomic E-state index is 14.5. The van der Waals surface area contributed by atoms with Gasteiger partial charge in [-0.3, -0.25) is 0 Å². The molecule has 2 heterocycles. The molecule has 0 saturated carbocycles. The predicted octanol–water partition coefficient (Wildman–Crippen LogP) is 9.13. The molecule has 0 aromatic heterocycles. The average molecular weight is 843 g/mol. The molecule has 0 spiro atoms. The van der Waals surface area contributed by atoms with Gasteiger partial charge >= 0.3 is 24.7 Å². The summed E-state index contributed by atoms with van der Waals surface area (Å²) in [5, 5.41) is 10.3. The number of alkyl halides is 12. The summed E-state index contributed by atoms with van der Waals surface area (Å²) < 4.78 is 204. The summed E-state index contributed by atoms with van der Waals surface area (Å²) in [7, 11) is 1.19. The third-order valence-electron chi connectivity index (χ3n) is 9.01. The van der Waals surface area contributed by atoms with E-state index in [-0.39, 0.29) is 35.7 Å². The Morgan fingerprint density at radius 1 is 0.517 bits per heavy atom. The van der Waals surface area contributed by atoms with Crippen LogP contribution < -0.4 is 18.9 Å². The van der Waals surface area contributed by atoms with Crippen LogP contribution in [0.2, 0.25) is 0 Å². The first-order valence-electron chi connectivity index (χ1n) is 17.1. The second-order valence-corrected chi connectivity index (χ2v) is 12.9. The number of benzene rings is 4. The zero-order valence-electron chi connectivity index (χ0n) is 30.1. The number of ether oxygens (including phenoxy) is 6. The van der Waals surface area contributed by atoms with E-state index in [2.05, 4.69) is 4.74 Å². The summed E-state index contributed by atoms with van der Waals surface area (Å²) in [5.41, 5.74) is -13.5. The zero-order valence-corrected chi connectivity index (χ0v) is 30.1. The quantitative estimate of drug-likeness (QED) is 0.100. The first-order chi connectivity index (χ1) is 27.1. The molecule has 2 saturated heterocycles. The minimum atomic E-state index is -5.86. The molecule has 7 nitrogen and oxygen atoms in total. The predicted molar refractivity (Wildman–Crippen MR) is 181 cm³/mol. The Balaban J connectivity index is 0.00000204. The second-order valence-electron chi connectivity index (χ2n) is 12.9. The summed E-state index contributed by atoms with van der Waals surface area (Å²) in [6.07, 6.45) is -25.1. The van der Waals surface area contributed by atoms with Gasteiger partial charge in [-0.25, -0.2) is 0 Å². The second kappa shape index (κ2) is 17.1. The van der Waals surface area contributed by atoms with E-state index in [1.807, 2.05) is 0 Å². The van der Waals surface area contributed by atoms with Crippen LogP contribution in [0.15, 0.2) is 97.1 Å². The molecule has 58 heavy (non-hydrogen) atoms. The molecule has 4 aromatic carbocycles. The Hall–Kier alpha value is -4.88. The highest BCUT2D eigenvalue weighted by molar-refractivity contribution is 5.48. The third kappa shape index (κ3) is 9.52. The lowest BCUT2D eigenvalue weighted by molar-refractivity contribution is -0.290. The molecule has 2 unspecified atom stereocenters. The van der Waals surface area contributed by atoms with E-state index in [9.17, 15) is 57.8 Å². The van der Waals surface area contributed by atoms with Crippen LogP contribution in [0, 0.1) is 0 Å². The lowest BCUT2D eigenvalue weighted by atomic mass is 9.73. The molecule has 6 rings (SSSR count). The number of hydrogen-bond donors (Lipinski definition) is 1. The SMILES string of the molecule is C1CO1.COc1ccc(C(c2ccc(OCC(O)COc3ccc(C(c4ccc(OCC5CO5)cc4)(C(F)(F)F)C(F)(F)F)cc3)cc2)(C(F)(F)F)C(F)(F)F)cc1. The largest absolute Gasteiger partial charge is 0.497 e. The van der Waals surface area contributed by atoms with Gasteiger partial charge in [0.1, 0.15) is 55.0 Å². The molecule has 2 fully saturated rings. The van der Waals surface area contributed by atoms with Crippen LogP contribution in [0.4, 0.5) is 52.7 Å².